The average Bonchev–Trinajstić information content (AvgIpc) is 3.24. The van der Waals surface area contributed by atoms with Crippen LogP contribution in [0.4, 0.5) is 5.69 Å². The van der Waals surface area contributed by atoms with Crippen molar-refractivity contribution in [2.75, 3.05) is 12.4 Å². The molecular formula is C22H18BrN3O6. The van der Waals surface area contributed by atoms with E-state index in [9.17, 15) is 14.4 Å². The number of aromatic nitrogens is 2. The standard InChI is InChI=1S/C22H18BrN3O6/c1-25-15-10-14(24-20(27)17-8-9-19(23)32-17)18(11-16(15)26(2)22(29)21(25)28)31-13-6-4-12(30-3)5-7-13/h4-11H,1-3H3,(H,24,27). The van der Waals surface area contributed by atoms with Gasteiger partial charge in [0.05, 0.1) is 23.8 Å². The van der Waals surface area contributed by atoms with Crippen molar-refractivity contribution < 1.29 is 18.7 Å². The van der Waals surface area contributed by atoms with Gasteiger partial charge in [0.25, 0.3) is 5.91 Å². The molecule has 4 rings (SSSR count). The summed E-state index contributed by atoms with van der Waals surface area (Å²) >= 11 is 3.17. The van der Waals surface area contributed by atoms with E-state index in [-0.39, 0.29) is 11.5 Å². The summed E-state index contributed by atoms with van der Waals surface area (Å²) in [5.74, 6) is 0.989. The lowest BCUT2D eigenvalue weighted by molar-refractivity contribution is 0.0995. The van der Waals surface area contributed by atoms with Gasteiger partial charge < -0.3 is 28.3 Å². The Morgan fingerprint density at radius 3 is 2.09 bits per heavy atom. The van der Waals surface area contributed by atoms with E-state index in [1.807, 2.05) is 0 Å². The second kappa shape index (κ2) is 8.39. The van der Waals surface area contributed by atoms with Crippen LogP contribution in [-0.2, 0) is 14.1 Å². The van der Waals surface area contributed by atoms with Crippen LogP contribution in [-0.4, -0.2) is 22.2 Å². The fraction of sp³-hybridized carbons (Fsp3) is 0.136. The van der Waals surface area contributed by atoms with Gasteiger partial charge in [-0.15, -0.1) is 0 Å². The molecular weight excluding hydrogens is 482 g/mol. The van der Waals surface area contributed by atoms with Gasteiger partial charge in [0.15, 0.2) is 16.2 Å². The number of nitrogens with zero attached hydrogens (tertiary/aromatic N) is 2. The molecule has 0 aliphatic carbocycles. The van der Waals surface area contributed by atoms with Crippen molar-refractivity contribution in [3.8, 4) is 17.2 Å². The molecule has 2 heterocycles. The third-order valence-electron chi connectivity index (χ3n) is 4.92. The van der Waals surface area contributed by atoms with E-state index in [1.165, 1.54) is 29.3 Å². The van der Waals surface area contributed by atoms with Gasteiger partial charge >= 0.3 is 11.1 Å². The van der Waals surface area contributed by atoms with E-state index in [4.69, 9.17) is 13.9 Å². The molecule has 4 aromatic rings. The van der Waals surface area contributed by atoms with E-state index in [0.717, 1.165) is 0 Å². The van der Waals surface area contributed by atoms with Crippen molar-refractivity contribution >= 4 is 38.6 Å². The second-order valence-corrected chi connectivity index (χ2v) is 7.68. The number of hydrogen-bond acceptors (Lipinski definition) is 6. The molecule has 0 radical (unpaired) electrons. The number of furan rings is 1. The highest BCUT2D eigenvalue weighted by Crippen LogP contribution is 2.34. The first kappa shape index (κ1) is 21.4. The van der Waals surface area contributed by atoms with E-state index in [1.54, 1.807) is 49.6 Å². The molecule has 10 heteroatoms. The molecule has 2 aromatic carbocycles. The maximum atomic E-state index is 12.7. The molecule has 0 spiro atoms. The number of anilines is 1. The number of halogens is 1. The molecule has 0 saturated heterocycles. The van der Waals surface area contributed by atoms with Gasteiger partial charge in [-0.05, 0) is 58.4 Å². The van der Waals surface area contributed by atoms with E-state index < -0.39 is 17.0 Å². The lowest BCUT2D eigenvalue weighted by Gasteiger charge is -2.16. The summed E-state index contributed by atoms with van der Waals surface area (Å²) in [5.41, 5.74) is -0.169. The molecule has 0 fully saturated rings. The Morgan fingerprint density at radius 1 is 0.938 bits per heavy atom. The van der Waals surface area contributed by atoms with Gasteiger partial charge in [-0.3, -0.25) is 14.4 Å². The van der Waals surface area contributed by atoms with Crippen LogP contribution in [0.1, 0.15) is 10.6 Å². The number of aryl methyl sites for hydroxylation is 2. The van der Waals surface area contributed by atoms with Crippen LogP contribution in [0, 0.1) is 0 Å². The van der Waals surface area contributed by atoms with Gasteiger partial charge in [-0.2, -0.15) is 0 Å². The molecule has 0 aliphatic heterocycles. The first-order valence-electron chi connectivity index (χ1n) is 9.41. The van der Waals surface area contributed by atoms with Crippen molar-refractivity contribution in [1.82, 2.24) is 9.13 Å². The van der Waals surface area contributed by atoms with Crippen LogP contribution in [0.15, 0.2) is 67.2 Å². The molecule has 2 aromatic heterocycles. The normalized spacial score (nSPS) is 10.9. The molecule has 0 atom stereocenters. The Morgan fingerprint density at radius 2 is 1.53 bits per heavy atom. The fourth-order valence-corrected chi connectivity index (χ4v) is 3.48. The minimum atomic E-state index is -0.684. The summed E-state index contributed by atoms with van der Waals surface area (Å²) < 4.78 is 19.4. The number of nitrogens with one attached hydrogen (secondary N) is 1. The highest BCUT2D eigenvalue weighted by Gasteiger charge is 2.18. The predicted molar refractivity (Wildman–Crippen MR) is 122 cm³/mol. The highest BCUT2D eigenvalue weighted by molar-refractivity contribution is 9.10. The SMILES string of the molecule is COc1ccc(Oc2cc3c(cc2NC(=O)c2ccc(Br)o2)n(C)c(=O)c(=O)n3C)cc1. The van der Waals surface area contributed by atoms with E-state index >= 15 is 0 Å². The first-order valence-corrected chi connectivity index (χ1v) is 10.2. The summed E-state index contributed by atoms with van der Waals surface area (Å²) in [4.78, 5) is 37.3. The number of carbonyl (C=O) groups is 1. The predicted octanol–water partition coefficient (Wildman–Crippen LogP) is 3.65. The van der Waals surface area contributed by atoms with Gasteiger partial charge in [-0.1, -0.05) is 0 Å². The maximum Gasteiger partial charge on any atom is 0.316 e. The number of ether oxygens (including phenoxy) is 2. The van der Waals surface area contributed by atoms with Crippen LogP contribution in [0.5, 0.6) is 17.2 Å². The van der Waals surface area contributed by atoms with Crippen molar-refractivity contribution in [1.29, 1.82) is 0 Å². The molecule has 9 nitrogen and oxygen atoms in total. The number of amides is 1. The van der Waals surface area contributed by atoms with Gasteiger partial charge in [0, 0.05) is 20.2 Å². The number of rotatable bonds is 5. The van der Waals surface area contributed by atoms with E-state index in [2.05, 4.69) is 21.2 Å². The van der Waals surface area contributed by atoms with Crippen LogP contribution in [0.3, 0.4) is 0 Å². The van der Waals surface area contributed by atoms with Crippen molar-refractivity contribution in [2.24, 2.45) is 14.1 Å². The lowest BCUT2D eigenvalue weighted by Crippen LogP contribution is -2.39. The Hall–Kier alpha value is -3.79. The van der Waals surface area contributed by atoms with Gasteiger partial charge in [-0.25, -0.2) is 0 Å². The minimum absolute atomic E-state index is 0.0849. The molecule has 0 bridgehead atoms. The third-order valence-corrected chi connectivity index (χ3v) is 5.35. The second-order valence-electron chi connectivity index (χ2n) is 6.90. The third kappa shape index (κ3) is 3.92. The quantitative estimate of drug-likeness (QED) is 0.420. The van der Waals surface area contributed by atoms with E-state index in [0.29, 0.717) is 32.9 Å². The maximum absolute atomic E-state index is 12.7. The zero-order chi connectivity index (χ0) is 23.0. The zero-order valence-corrected chi connectivity index (χ0v) is 18.9. The first-order chi connectivity index (χ1) is 15.3. The number of fused-ring (bicyclic) bond motifs is 1. The minimum Gasteiger partial charge on any atom is -0.497 e. The number of methoxy groups -OCH3 is 1. The van der Waals surface area contributed by atoms with Crippen molar-refractivity contribution in [3.63, 3.8) is 0 Å². The Labute approximate surface area is 189 Å². The average molecular weight is 500 g/mol. The van der Waals surface area contributed by atoms with Crippen LogP contribution in [0.25, 0.3) is 11.0 Å². The molecule has 1 amide bonds. The van der Waals surface area contributed by atoms with Gasteiger partial charge in [0.1, 0.15) is 11.5 Å². The largest absolute Gasteiger partial charge is 0.497 e. The number of benzene rings is 2. The Kier molecular flexibility index (Phi) is 5.62. The molecule has 1 N–H and O–H groups in total. The summed E-state index contributed by atoms with van der Waals surface area (Å²) in [6.45, 7) is 0. The van der Waals surface area contributed by atoms with Crippen molar-refractivity contribution in [2.45, 2.75) is 0 Å². The Bertz CT molecular complexity index is 1450. The summed E-state index contributed by atoms with van der Waals surface area (Å²) in [5, 5.41) is 2.75. The molecule has 164 valence electrons. The summed E-state index contributed by atoms with van der Waals surface area (Å²) in [6, 6.07) is 13.2. The number of hydrogen-bond donors (Lipinski definition) is 1. The number of carbonyl (C=O) groups excluding carboxylic acids is 1. The van der Waals surface area contributed by atoms with Crippen LogP contribution in [0.2, 0.25) is 0 Å². The van der Waals surface area contributed by atoms with Crippen LogP contribution >= 0.6 is 15.9 Å². The van der Waals surface area contributed by atoms with Crippen LogP contribution < -0.4 is 25.9 Å². The molecule has 32 heavy (non-hydrogen) atoms. The topological polar surface area (TPSA) is 105 Å². The van der Waals surface area contributed by atoms with Crippen molar-refractivity contribution in [3.05, 3.63) is 79.7 Å². The fourth-order valence-electron chi connectivity index (χ4n) is 3.17. The molecule has 0 unspecified atom stereocenters. The lowest BCUT2D eigenvalue weighted by atomic mass is 10.2. The molecule has 0 saturated carbocycles. The Balaban J connectivity index is 1.85. The van der Waals surface area contributed by atoms with Gasteiger partial charge in [0.2, 0.25) is 0 Å². The molecule has 0 aliphatic rings. The zero-order valence-electron chi connectivity index (χ0n) is 17.3. The summed E-state index contributed by atoms with van der Waals surface area (Å²) in [7, 11) is 4.55. The highest BCUT2D eigenvalue weighted by atomic mass is 79.9. The monoisotopic (exact) mass is 499 g/mol. The smallest absolute Gasteiger partial charge is 0.316 e. The summed E-state index contributed by atoms with van der Waals surface area (Å²) in [6.07, 6.45) is 0.